The molecule has 3 nitrogen and oxygen atoms in total. The number of halogens is 1. The number of hydrogen-bond donors (Lipinski definition) is 3. The Kier molecular flexibility index (Phi) is 4.62. The van der Waals surface area contributed by atoms with Crippen LogP contribution in [0.2, 0.25) is 0 Å². The van der Waals surface area contributed by atoms with Crippen LogP contribution in [0.1, 0.15) is 26.7 Å². The molecule has 0 radical (unpaired) electrons. The third-order valence-electron chi connectivity index (χ3n) is 3.07. The van der Waals surface area contributed by atoms with Crippen LogP contribution in [0.3, 0.4) is 0 Å². The molecule has 1 rings (SSSR count). The molecule has 0 atom stereocenters. The molecule has 90 valence electrons. The summed E-state index contributed by atoms with van der Waals surface area (Å²) in [6, 6.07) is 5.68. The van der Waals surface area contributed by atoms with Crippen molar-refractivity contribution in [2.24, 2.45) is 0 Å². The first-order chi connectivity index (χ1) is 7.56. The first-order valence-electron chi connectivity index (χ1n) is 5.51. The van der Waals surface area contributed by atoms with E-state index in [1.54, 1.807) is 0 Å². The number of nitrogens with one attached hydrogen (secondary N) is 1. The summed E-state index contributed by atoms with van der Waals surface area (Å²) in [5, 5.41) is 12.8. The average molecular weight is 287 g/mol. The SMILES string of the molecule is CCC(CC)(CO)Nc1cc(Br)ccc1N. The molecule has 0 heterocycles. The van der Waals surface area contributed by atoms with Gasteiger partial charge >= 0.3 is 0 Å². The van der Waals surface area contributed by atoms with Crippen molar-refractivity contribution in [2.45, 2.75) is 32.2 Å². The van der Waals surface area contributed by atoms with Crippen LogP contribution in [0.4, 0.5) is 11.4 Å². The number of nitrogen functional groups attached to an aromatic ring is 1. The number of aliphatic hydroxyl groups is 1. The van der Waals surface area contributed by atoms with Crippen molar-refractivity contribution in [3.8, 4) is 0 Å². The minimum atomic E-state index is -0.283. The van der Waals surface area contributed by atoms with Crippen molar-refractivity contribution in [1.29, 1.82) is 0 Å². The minimum absolute atomic E-state index is 0.103. The van der Waals surface area contributed by atoms with Gasteiger partial charge in [0.05, 0.1) is 23.5 Å². The van der Waals surface area contributed by atoms with Crippen LogP contribution >= 0.6 is 15.9 Å². The van der Waals surface area contributed by atoms with E-state index in [4.69, 9.17) is 5.73 Å². The molecular formula is C12H19BrN2O. The quantitative estimate of drug-likeness (QED) is 0.730. The Morgan fingerprint density at radius 1 is 1.38 bits per heavy atom. The van der Waals surface area contributed by atoms with Gasteiger partial charge in [-0.05, 0) is 31.0 Å². The Bertz CT molecular complexity index is 343. The predicted molar refractivity (Wildman–Crippen MR) is 72.6 cm³/mol. The molecule has 0 bridgehead atoms. The smallest absolute Gasteiger partial charge is 0.0661 e. The summed E-state index contributed by atoms with van der Waals surface area (Å²) in [6.45, 7) is 4.22. The van der Waals surface area contributed by atoms with Crippen LogP contribution in [0.15, 0.2) is 22.7 Å². The standard InChI is InChI=1S/C12H19BrN2O/c1-3-12(4-2,8-16)15-11-7-9(13)5-6-10(11)14/h5-7,15-16H,3-4,8,14H2,1-2H3. The fourth-order valence-electron chi connectivity index (χ4n) is 1.61. The summed E-state index contributed by atoms with van der Waals surface area (Å²) in [7, 11) is 0. The monoisotopic (exact) mass is 286 g/mol. The molecule has 0 saturated carbocycles. The molecule has 4 N–H and O–H groups in total. The Morgan fingerprint density at radius 2 is 2.00 bits per heavy atom. The highest BCUT2D eigenvalue weighted by atomic mass is 79.9. The van der Waals surface area contributed by atoms with Crippen molar-refractivity contribution in [1.82, 2.24) is 0 Å². The van der Waals surface area contributed by atoms with E-state index >= 15 is 0 Å². The molecule has 4 heteroatoms. The number of hydrogen-bond acceptors (Lipinski definition) is 3. The van der Waals surface area contributed by atoms with Crippen LogP contribution < -0.4 is 11.1 Å². The molecule has 0 amide bonds. The second kappa shape index (κ2) is 5.55. The Balaban J connectivity index is 2.97. The number of rotatable bonds is 5. The van der Waals surface area contributed by atoms with Crippen molar-refractivity contribution < 1.29 is 5.11 Å². The van der Waals surface area contributed by atoms with Crippen LogP contribution in [0.5, 0.6) is 0 Å². The van der Waals surface area contributed by atoms with E-state index in [-0.39, 0.29) is 12.1 Å². The van der Waals surface area contributed by atoms with Crippen LogP contribution in [0.25, 0.3) is 0 Å². The van der Waals surface area contributed by atoms with Gasteiger partial charge in [-0.2, -0.15) is 0 Å². The van der Waals surface area contributed by atoms with Crippen LogP contribution in [-0.2, 0) is 0 Å². The lowest BCUT2D eigenvalue weighted by atomic mass is 9.93. The second-order valence-electron chi connectivity index (χ2n) is 4.00. The lowest BCUT2D eigenvalue weighted by Gasteiger charge is -2.32. The Morgan fingerprint density at radius 3 is 2.50 bits per heavy atom. The fraction of sp³-hybridized carbons (Fsp3) is 0.500. The molecule has 0 unspecified atom stereocenters. The third kappa shape index (κ3) is 2.89. The summed E-state index contributed by atoms with van der Waals surface area (Å²) >= 11 is 3.41. The van der Waals surface area contributed by atoms with Gasteiger partial charge in [0.1, 0.15) is 0 Å². The lowest BCUT2D eigenvalue weighted by molar-refractivity contribution is 0.202. The van der Waals surface area contributed by atoms with Crippen molar-refractivity contribution >= 4 is 27.3 Å². The molecule has 0 saturated heterocycles. The first-order valence-corrected chi connectivity index (χ1v) is 6.30. The molecule has 0 aliphatic rings. The van der Waals surface area contributed by atoms with Gasteiger partial charge in [0, 0.05) is 4.47 Å². The summed E-state index contributed by atoms with van der Waals surface area (Å²) in [5.41, 5.74) is 7.18. The molecule has 0 aliphatic carbocycles. The van der Waals surface area contributed by atoms with Crippen molar-refractivity contribution in [3.63, 3.8) is 0 Å². The predicted octanol–water partition coefficient (Wildman–Crippen LogP) is 2.99. The summed E-state index contributed by atoms with van der Waals surface area (Å²) in [5.74, 6) is 0. The maximum atomic E-state index is 9.48. The maximum Gasteiger partial charge on any atom is 0.0661 e. The van der Waals surface area contributed by atoms with Crippen LogP contribution in [0, 0.1) is 0 Å². The lowest BCUT2D eigenvalue weighted by Crippen LogP contribution is -2.41. The van der Waals surface area contributed by atoms with E-state index in [1.807, 2.05) is 18.2 Å². The zero-order valence-corrected chi connectivity index (χ0v) is 11.3. The topological polar surface area (TPSA) is 58.3 Å². The fourth-order valence-corrected chi connectivity index (χ4v) is 1.97. The minimum Gasteiger partial charge on any atom is -0.397 e. The van der Waals surface area contributed by atoms with Crippen LogP contribution in [-0.4, -0.2) is 17.3 Å². The Labute approximate surface area is 105 Å². The zero-order valence-electron chi connectivity index (χ0n) is 9.76. The summed E-state index contributed by atoms with van der Waals surface area (Å²) in [4.78, 5) is 0. The Hall–Kier alpha value is -0.740. The van der Waals surface area contributed by atoms with Gasteiger partial charge in [-0.15, -0.1) is 0 Å². The highest BCUT2D eigenvalue weighted by Gasteiger charge is 2.25. The summed E-state index contributed by atoms with van der Waals surface area (Å²) < 4.78 is 0.975. The van der Waals surface area contributed by atoms with E-state index in [9.17, 15) is 5.11 Å². The first kappa shape index (κ1) is 13.3. The number of benzene rings is 1. The van der Waals surface area contributed by atoms with Gasteiger partial charge < -0.3 is 16.2 Å². The largest absolute Gasteiger partial charge is 0.397 e. The van der Waals surface area contributed by atoms with E-state index < -0.39 is 0 Å². The van der Waals surface area contributed by atoms with E-state index in [1.165, 1.54) is 0 Å². The van der Waals surface area contributed by atoms with E-state index in [0.29, 0.717) is 5.69 Å². The van der Waals surface area contributed by atoms with Crippen molar-refractivity contribution in [3.05, 3.63) is 22.7 Å². The van der Waals surface area contributed by atoms with Gasteiger partial charge in [0.15, 0.2) is 0 Å². The molecular weight excluding hydrogens is 268 g/mol. The highest BCUT2D eigenvalue weighted by molar-refractivity contribution is 9.10. The molecule has 0 aliphatic heterocycles. The number of aliphatic hydroxyl groups excluding tert-OH is 1. The summed E-state index contributed by atoms with van der Waals surface area (Å²) in [6.07, 6.45) is 1.71. The molecule has 1 aromatic carbocycles. The third-order valence-corrected chi connectivity index (χ3v) is 3.56. The maximum absolute atomic E-state index is 9.48. The van der Waals surface area contributed by atoms with E-state index in [2.05, 4.69) is 35.1 Å². The molecule has 0 spiro atoms. The van der Waals surface area contributed by atoms with Gasteiger partial charge in [0.25, 0.3) is 0 Å². The van der Waals surface area contributed by atoms with E-state index in [0.717, 1.165) is 23.0 Å². The molecule has 1 aromatic rings. The number of nitrogens with two attached hydrogens (primary N) is 1. The zero-order chi connectivity index (χ0) is 12.2. The average Bonchev–Trinajstić information content (AvgIpc) is 2.31. The number of anilines is 2. The second-order valence-corrected chi connectivity index (χ2v) is 4.92. The highest BCUT2D eigenvalue weighted by Crippen LogP contribution is 2.28. The van der Waals surface area contributed by atoms with Gasteiger partial charge in [0.2, 0.25) is 0 Å². The molecule has 0 aromatic heterocycles. The van der Waals surface area contributed by atoms with Crippen molar-refractivity contribution in [2.75, 3.05) is 17.7 Å². The normalized spacial score (nSPS) is 11.5. The molecule has 0 fully saturated rings. The van der Waals surface area contributed by atoms with Gasteiger partial charge in [-0.1, -0.05) is 29.8 Å². The van der Waals surface area contributed by atoms with Gasteiger partial charge in [-0.3, -0.25) is 0 Å². The van der Waals surface area contributed by atoms with Gasteiger partial charge in [-0.25, -0.2) is 0 Å². The molecule has 16 heavy (non-hydrogen) atoms.